The summed E-state index contributed by atoms with van der Waals surface area (Å²) in [5.41, 5.74) is 0.535. The van der Waals surface area contributed by atoms with E-state index in [-0.39, 0.29) is 5.92 Å². The molecular weight excluding hydrogens is 248 g/mol. The molecule has 7 nitrogen and oxygen atoms in total. The van der Waals surface area contributed by atoms with Gasteiger partial charge in [0.2, 0.25) is 0 Å². The Kier molecular flexibility index (Phi) is 5.35. The molecule has 2 atom stereocenters. The number of amides is 2. The van der Waals surface area contributed by atoms with Crippen molar-refractivity contribution in [1.29, 1.82) is 0 Å². The van der Waals surface area contributed by atoms with Crippen LogP contribution in [0.25, 0.3) is 0 Å². The van der Waals surface area contributed by atoms with Gasteiger partial charge in [-0.3, -0.25) is 4.68 Å². The molecule has 1 aromatic rings. The first-order valence-corrected chi connectivity index (χ1v) is 6.30. The second kappa shape index (κ2) is 6.77. The Morgan fingerprint density at radius 2 is 2.16 bits per heavy atom. The maximum atomic E-state index is 11.7. The highest BCUT2D eigenvalue weighted by molar-refractivity contribution is 5.92. The fourth-order valence-electron chi connectivity index (χ4n) is 1.59. The summed E-state index contributed by atoms with van der Waals surface area (Å²) in [6.07, 6.45) is 3.87. The van der Waals surface area contributed by atoms with Crippen molar-refractivity contribution in [2.45, 2.75) is 39.8 Å². The summed E-state index contributed by atoms with van der Waals surface area (Å²) in [5, 5.41) is 18.1. The summed E-state index contributed by atoms with van der Waals surface area (Å²) in [4.78, 5) is 22.8. The third-order valence-corrected chi connectivity index (χ3v) is 2.98. The van der Waals surface area contributed by atoms with Gasteiger partial charge in [-0.05, 0) is 12.8 Å². The molecule has 0 radical (unpaired) electrons. The number of hydrogen-bond donors (Lipinski definition) is 3. The SMILES string of the molecule is CCC(C)[C@H](NC(=O)Nc1cnn(CC)c1)C(=O)O. The lowest BCUT2D eigenvalue weighted by Crippen LogP contribution is -2.46. The van der Waals surface area contributed by atoms with Gasteiger partial charge in [0.1, 0.15) is 6.04 Å². The lowest BCUT2D eigenvalue weighted by atomic mass is 9.99. The first-order chi connectivity index (χ1) is 8.97. The number of rotatable bonds is 6. The standard InChI is InChI=1S/C12H20N4O3/c1-4-8(3)10(11(17)18)15-12(19)14-9-6-13-16(5-2)7-9/h6-8,10H,4-5H2,1-3H3,(H,17,18)(H2,14,15,19)/t8?,10-/m0/s1. The lowest BCUT2D eigenvalue weighted by molar-refractivity contribution is -0.140. The van der Waals surface area contributed by atoms with E-state index in [0.717, 1.165) is 0 Å². The summed E-state index contributed by atoms with van der Waals surface area (Å²) >= 11 is 0. The number of anilines is 1. The second-order valence-electron chi connectivity index (χ2n) is 4.38. The minimum absolute atomic E-state index is 0.137. The number of aryl methyl sites for hydroxylation is 1. The van der Waals surface area contributed by atoms with Gasteiger partial charge in [0, 0.05) is 12.7 Å². The number of urea groups is 1. The van der Waals surface area contributed by atoms with Gasteiger partial charge in [0.25, 0.3) is 0 Å². The number of carbonyl (C=O) groups is 2. The molecule has 1 unspecified atom stereocenters. The summed E-state index contributed by atoms with van der Waals surface area (Å²) in [7, 11) is 0. The van der Waals surface area contributed by atoms with Crippen LogP contribution in [0.5, 0.6) is 0 Å². The molecular formula is C12H20N4O3. The van der Waals surface area contributed by atoms with Gasteiger partial charge >= 0.3 is 12.0 Å². The number of aromatic nitrogens is 2. The van der Waals surface area contributed by atoms with Crippen molar-refractivity contribution in [2.75, 3.05) is 5.32 Å². The van der Waals surface area contributed by atoms with Crippen LogP contribution in [-0.4, -0.2) is 32.9 Å². The van der Waals surface area contributed by atoms with Crippen LogP contribution in [0.4, 0.5) is 10.5 Å². The number of carboxylic acid groups (broad SMARTS) is 1. The van der Waals surface area contributed by atoms with Crippen molar-refractivity contribution in [1.82, 2.24) is 15.1 Å². The van der Waals surface area contributed by atoms with Gasteiger partial charge in [-0.1, -0.05) is 20.3 Å². The van der Waals surface area contributed by atoms with E-state index in [1.165, 1.54) is 6.20 Å². The predicted octanol–water partition coefficient (Wildman–Crippen LogP) is 1.52. The molecule has 7 heteroatoms. The number of carbonyl (C=O) groups excluding carboxylic acids is 1. The van der Waals surface area contributed by atoms with Gasteiger partial charge in [0.15, 0.2) is 0 Å². The van der Waals surface area contributed by atoms with E-state index in [9.17, 15) is 9.59 Å². The zero-order chi connectivity index (χ0) is 14.4. The van der Waals surface area contributed by atoms with Gasteiger partial charge in [-0.2, -0.15) is 5.10 Å². The fraction of sp³-hybridized carbons (Fsp3) is 0.583. The average molecular weight is 268 g/mol. The highest BCUT2D eigenvalue weighted by atomic mass is 16.4. The molecule has 0 saturated carbocycles. The molecule has 106 valence electrons. The summed E-state index contributed by atoms with van der Waals surface area (Å²) in [6.45, 7) is 6.30. The number of carboxylic acids is 1. The van der Waals surface area contributed by atoms with E-state index in [0.29, 0.717) is 18.7 Å². The summed E-state index contributed by atoms with van der Waals surface area (Å²) < 4.78 is 1.67. The summed E-state index contributed by atoms with van der Waals surface area (Å²) in [5.74, 6) is -1.17. The van der Waals surface area contributed by atoms with Crippen LogP contribution >= 0.6 is 0 Å². The lowest BCUT2D eigenvalue weighted by Gasteiger charge is -2.20. The highest BCUT2D eigenvalue weighted by Gasteiger charge is 2.25. The van der Waals surface area contributed by atoms with Crippen LogP contribution in [-0.2, 0) is 11.3 Å². The molecule has 0 spiro atoms. The maximum absolute atomic E-state index is 11.7. The van der Waals surface area contributed by atoms with E-state index in [1.807, 2.05) is 13.8 Å². The Bertz CT molecular complexity index is 444. The average Bonchev–Trinajstić information content (AvgIpc) is 2.82. The minimum Gasteiger partial charge on any atom is -0.480 e. The van der Waals surface area contributed by atoms with Crippen molar-refractivity contribution < 1.29 is 14.7 Å². The van der Waals surface area contributed by atoms with E-state index in [4.69, 9.17) is 5.11 Å². The second-order valence-corrected chi connectivity index (χ2v) is 4.38. The van der Waals surface area contributed by atoms with Crippen molar-refractivity contribution in [3.8, 4) is 0 Å². The monoisotopic (exact) mass is 268 g/mol. The van der Waals surface area contributed by atoms with E-state index >= 15 is 0 Å². The number of aliphatic carboxylic acids is 1. The topological polar surface area (TPSA) is 96.3 Å². The Balaban J connectivity index is 2.60. The van der Waals surface area contributed by atoms with E-state index < -0.39 is 18.0 Å². The molecule has 0 aliphatic heterocycles. The van der Waals surface area contributed by atoms with Crippen molar-refractivity contribution >= 4 is 17.7 Å². The van der Waals surface area contributed by atoms with Crippen LogP contribution in [0.15, 0.2) is 12.4 Å². The highest BCUT2D eigenvalue weighted by Crippen LogP contribution is 2.09. The molecule has 1 heterocycles. The molecule has 1 rings (SSSR count). The third-order valence-electron chi connectivity index (χ3n) is 2.98. The number of nitrogens with one attached hydrogen (secondary N) is 2. The molecule has 0 aromatic carbocycles. The summed E-state index contributed by atoms with van der Waals surface area (Å²) in [6, 6.07) is -1.44. The maximum Gasteiger partial charge on any atom is 0.326 e. The zero-order valence-corrected chi connectivity index (χ0v) is 11.4. The van der Waals surface area contributed by atoms with Crippen molar-refractivity contribution in [3.05, 3.63) is 12.4 Å². The molecule has 19 heavy (non-hydrogen) atoms. The first-order valence-electron chi connectivity index (χ1n) is 6.30. The van der Waals surface area contributed by atoms with Crippen molar-refractivity contribution in [2.24, 2.45) is 5.92 Å². The van der Waals surface area contributed by atoms with Crippen molar-refractivity contribution in [3.63, 3.8) is 0 Å². The van der Waals surface area contributed by atoms with Crippen LogP contribution in [0.3, 0.4) is 0 Å². The Morgan fingerprint density at radius 3 is 2.63 bits per heavy atom. The van der Waals surface area contributed by atoms with Gasteiger partial charge < -0.3 is 15.7 Å². The minimum atomic E-state index is -1.03. The normalized spacial score (nSPS) is 13.6. The van der Waals surface area contributed by atoms with Gasteiger partial charge in [-0.25, -0.2) is 9.59 Å². The van der Waals surface area contributed by atoms with Crippen LogP contribution < -0.4 is 10.6 Å². The number of hydrogen-bond acceptors (Lipinski definition) is 3. The van der Waals surface area contributed by atoms with Gasteiger partial charge in [-0.15, -0.1) is 0 Å². The Labute approximate surface area is 112 Å². The van der Waals surface area contributed by atoms with Gasteiger partial charge in [0.05, 0.1) is 11.9 Å². The largest absolute Gasteiger partial charge is 0.480 e. The molecule has 1 aromatic heterocycles. The van der Waals surface area contributed by atoms with E-state index in [2.05, 4.69) is 15.7 Å². The first kappa shape index (κ1) is 15.0. The van der Waals surface area contributed by atoms with E-state index in [1.54, 1.807) is 17.8 Å². The zero-order valence-electron chi connectivity index (χ0n) is 11.4. The molecule has 3 N–H and O–H groups in total. The molecule has 0 bridgehead atoms. The molecule has 2 amide bonds. The van der Waals surface area contributed by atoms with Crippen LogP contribution in [0, 0.1) is 5.92 Å². The predicted molar refractivity (Wildman–Crippen MR) is 70.9 cm³/mol. The van der Waals surface area contributed by atoms with Crippen LogP contribution in [0.2, 0.25) is 0 Å². The van der Waals surface area contributed by atoms with Crippen LogP contribution in [0.1, 0.15) is 27.2 Å². The third kappa shape index (κ3) is 4.27. The molecule has 0 aliphatic carbocycles. The molecule has 0 saturated heterocycles. The molecule has 0 aliphatic rings. The quantitative estimate of drug-likeness (QED) is 0.728. The molecule has 0 fully saturated rings. The Hall–Kier alpha value is -2.05. The smallest absolute Gasteiger partial charge is 0.326 e. The Morgan fingerprint density at radius 1 is 1.47 bits per heavy atom. The number of nitrogens with zero attached hydrogens (tertiary/aromatic N) is 2. The fourth-order valence-corrected chi connectivity index (χ4v) is 1.59.